The molecule has 3 heteroatoms. The summed E-state index contributed by atoms with van der Waals surface area (Å²) in [6.45, 7) is 4.20. The van der Waals surface area contributed by atoms with E-state index < -0.39 is 6.10 Å². The van der Waals surface area contributed by atoms with Crippen LogP contribution >= 0.6 is 0 Å². The fraction of sp³-hybridized carbons (Fsp3) is 0.571. The Morgan fingerprint density at radius 3 is 2.59 bits per heavy atom. The molecule has 0 saturated heterocycles. The number of halogens is 1. The van der Waals surface area contributed by atoms with E-state index in [0.29, 0.717) is 5.56 Å². The van der Waals surface area contributed by atoms with Gasteiger partial charge in [-0.2, -0.15) is 0 Å². The van der Waals surface area contributed by atoms with Gasteiger partial charge in [-0.15, -0.1) is 0 Å². The van der Waals surface area contributed by atoms with Gasteiger partial charge < -0.3 is 9.84 Å². The fourth-order valence-electron chi connectivity index (χ4n) is 1.79. The van der Waals surface area contributed by atoms with Gasteiger partial charge in [0.2, 0.25) is 0 Å². The zero-order valence-electron chi connectivity index (χ0n) is 10.5. The van der Waals surface area contributed by atoms with Crippen LogP contribution < -0.4 is 0 Å². The first kappa shape index (κ1) is 14.1. The topological polar surface area (TPSA) is 29.5 Å². The Morgan fingerprint density at radius 1 is 1.29 bits per heavy atom. The van der Waals surface area contributed by atoms with Crippen LogP contribution in [-0.4, -0.2) is 17.3 Å². The Labute approximate surface area is 102 Å². The van der Waals surface area contributed by atoms with Crippen molar-refractivity contribution in [2.45, 2.75) is 51.9 Å². The van der Waals surface area contributed by atoms with E-state index in [2.05, 4.69) is 0 Å². The summed E-state index contributed by atoms with van der Waals surface area (Å²) in [6, 6.07) is 6.56. The summed E-state index contributed by atoms with van der Waals surface area (Å²) in [7, 11) is 0. The molecule has 0 radical (unpaired) electrons. The molecule has 0 aliphatic heterocycles. The molecule has 1 aromatic carbocycles. The summed E-state index contributed by atoms with van der Waals surface area (Å²) in [6.07, 6.45) is 1.69. The van der Waals surface area contributed by atoms with Crippen molar-refractivity contribution in [1.29, 1.82) is 0 Å². The van der Waals surface area contributed by atoms with Gasteiger partial charge in [-0.25, -0.2) is 4.39 Å². The molecule has 2 nitrogen and oxygen atoms in total. The minimum atomic E-state index is -0.461. The van der Waals surface area contributed by atoms with Gasteiger partial charge in [-0.05, 0) is 18.9 Å². The van der Waals surface area contributed by atoms with Gasteiger partial charge in [0, 0.05) is 5.56 Å². The van der Waals surface area contributed by atoms with Gasteiger partial charge in [0.25, 0.3) is 0 Å². The lowest BCUT2D eigenvalue weighted by Crippen LogP contribution is -2.28. The van der Waals surface area contributed by atoms with Gasteiger partial charge in [0.1, 0.15) is 5.82 Å². The first-order valence-corrected chi connectivity index (χ1v) is 6.22. The van der Waals surface area contributed by atoms with Crippen LogP contribution in [0.3, 0.4) is 0 Å². The lowest BCUT2D eigenvalue weighted by atomic mass is 10.1. The van der Waals surface area contributed by atoms with Crippen LogP contribution in [-0.2, 0) is 11.3 Å². The lowest BCUT2D eigenvalue weighted by molar-refractivity contribution is -0.0509. The van der Waals surface area contributed by atoms with E-state index in [9.17, 15) is 9.50 Å². The van der Waals surface area contributed by atoms with Crippen molar-refractivity contribution in [3.63, 3.8) is 0 Å². The van der Waals surface area contributed by atoms with Gasteiger partial charge in [-0.3, -0.25) is 0 Å². The van der Waals surface area contributed by atoms with Crippen LogP contribution in [0.25, 0.3) is 0 Å². The molecule has 0 amide bonds. The summed E-state index contributed by atoms with van der Waals surface area (Å²) in [5.41, 5.74) is 0.537. The minimum absolute atomic E-state index is 0.213. The average molecular weight is 240 g/mol. The quantitative estimate of drug-likeness (QED) is 0.792. The Kier molecular flexibility index (Phi) is 6.16. The molecule has 96 valence electrons. The Balaban J connectivity index is 2.50. The zero-order valence-corrected chi connectivity index (χ0v) is 10.5. The van der Waals surface area contributed by atoms with Crippen LogP contribution in [0.4, 0.5) is 4.39 Å². The van der Waals surface area contributed by atoms with E-state index >= 15 is 0 Å². The Bertz CT molecular complexity index is 328. The van der Waals surface area contributed by atoms with Crippen molar-refractivity contribution in [2.75, 3.05) is 0 Å². The zero-order chi connectivity index (χ0) is 12.7. The van der Waals surface area contributed by atoms with Crippen molar-refractivity contribution < 1.29 is 14.2 Å². The fourth-order valence-corrected chi connectivity index (χ4v) is 1.79. The van der Waals surface area contributed by atoms with Crippen molar-refractivity contribution in [1.82, 2.24) is 0 Å². The van der Waals surface area contributed by atoms with Crippen LogP contribution in [0, 0.1) is 5.82 Å². The molecule has 0 spiro atoms. The molecule has 0 aromatic heterocycles. The van der Waals surface area contributed by atoms with Crippen LogP contribution in [0.5, 0.6) is 0 Å². The molecule has 1 aromatic rings. The highest BCUT2D eigenvalue weighted by molar-refractivity contribution is 5.16. The summed E-state index contributed by atoms with van der Waals surface area (Å²) < 4.78 is 18.9. The summed E-state index contributed by atoms with van der Waals surface area (Å²) >= 11 is 0. The van der Waals surface area contributed by atoms with E-state index in [1.807, 2.05) is 13.8 Å². The van der Waals surface area contributed by atoms with E-state index in [-0.39, 0.29) is 18.5 Å². The highest BCUT2D eigenvalue weighted by atomic mass is 19.1. The smallest absolute Gasteiger partial charge is 0.128 e. The Hall–Kier alpha value is -0.930. The predicted octanol–water partition coefficient (Wildman–Crippen LogP) is 3.28. The largest absolute Gasteiger partial charge is 0.390 e. The average Bonchev–Trinajstić information content (AvgIpc) is 2.32. The summed E-state index contributed by atoms with van der Waals surface area (Å²) in [4.78, 5) is 0. The van der Waals surface area contributed by atoms with E-state index in [1.165, 1.54) is 6.07 Å². The van der Waals surface area contributed by atoms with Gasteiger partial charge in [-0.1, -0.05) is 38.5 Å². The van der Waals surface area contributed by atoms with Crippen molar-refractivity contribution in [3.8, 4) is 0 Å². The molecule has 17 heavy (non-hydrogen) atoms. The molecule has 0 aliphatic carbocycles. The molecule has 0 saturated carbocycles. The lowest BCUT2D eigenvalue weighted by Gasteiger charge is -2.21. The molecule has 1 rings (SSSR count). The normalized spacial score (nSPS) is 14.6. The van der Waals surface area contributed by atoms with Crippen molar-refractivity contribution >= 4 is 0 Å². The first-order chi connectivity index (χ1) is 8.19. The number of aliphatic hydroxyl groups excluding tert-OH is 1. The SMILES string of the molecule is CCCC(O)C(CC)OCc1ccccc1F. The van der Waals surface area contributed by atoms with E-state index in [0.717, 1.165) is 19.3 Å². The summed E-state index contributed by atoms with van der Waals surface area (Å²) in [5, 5.41) is 9.84. The maximum atomic E-state index is 13.4. The second-order valence-electron chi connectivity index (χ2n) is 4.21. The minimum Gasteiger partial charge on any atom is -0.390 e. The molecule has 0 fully saturated rings. The van der Waals surface area contributed by atoms with Crippen LogP contribution in [0.1, 0.15) is 38.7 Å². The van der Waals surface area contributed by atoms with Gasteiger partial charge >= 0.3 is 0 Å². The predicted molar refractivity (Wildman–Crippen MR) is 66.2 cm³/mol. The number of rotatable bonds is 7. The summed E-state index contributed by atoms with van der Waals surface area (Å²) in [5.74, 6) is -0.257. The van der Waals surface area contributed by atoms with Gasteiger partial charge in [0.15, 0.2) is 0 Å². The molecular formula is C14H21FO2. The highest BCUT2D eigenvalue weighted by Gasteiger charge is 2.17. The third kappa shape index (κ3) is 4.44. The molecule has 0 heterocycles. The highest BCUT2D eigenvalue weighted by Crippen LogP contribution is 2.14. The number of benzene rings is 1. The van der Waals surface area contributed by atoms with Crippen LogP contribution in [0.2, 0.25) is 0 Å². The molecule has 0 bridgehead atoms. The number of aliphatic hydroxyl groups is 1. The molecular weight excluding hydrogens is 219 g/mol. The maximum absolute atomic E-state index is 13.4. The number of hydrogen-bond donors (Lipinski definition) is 1. The number of hydrogen-bond acceptors (Lipinski definition) is 2. The van der Waals surface area contributed by atoms with Crippen molar-refractivity contribution in [2.24, 2.45) is 0 Å². The van der Waals surface area contributed by atoms with E-state index in [1.54, 1.807) is 18.2 Å². The maximum Gasteiger partial charge on any atom is 0.128 e. The monoisotopic (exact) mass is 240 g/mol. The third-order valence-corrected chi connectivity index (χ3v) is 2.83. The molecule has 0 aliphatic rings. The number of ether oxygens (including phenoxy) is 1. The molecule has 1 N–H and O–H groups in total. The Morgan fingerprint density at radius 2 is 2.00 bits per heavy atom. The second-order valence-corrected chi connectivity index (χ2v) is 4.21. The third-order valence-electron chi connectivity index (χ3n) is 2.83. The standard InChI is InChI=1S/C14H21FO2/c1-3-7-13(16)14(4-2)17-10-11-8-5-6-9-12(11)15/h5-6,8-9,13-14,16H,3-4,7,10H2,1-2H3. The van der Waals surface area contributed by atoms with Gasteiger partial charge in [0.05, 0.1) is 18.8 Å². The van der Waals surface area contributed by atoms with Crippen molar-refractivity contribution in [3.05, 3.63) is 35.6 Å². The van der Waals surface area contributed by atoms with E-state index in [4.69, 9.17) is 4.74 Å². The first-order valence-electron chi connectivity index (χ1n) is 6.22. The molecule has 2 atom stereocenters. The van der Waals surface area contributed by atoms with Crippen LogP contribution in [0.15, 0.2) is 24.3 Å². The second kappa shape index (κ2) is 7.41. The molecule has 2 unspecified atom stereocenters.